The van der Waals surface area contributed by atoms with E-state index in [2.05, 4.69) is 10.6 Å². The molecule has 0 unspecified atom stereocenters. The summed E-state index contributed by atoms with van der Waals surface area (Å²) in [4.78, 5) is 39.4. The van der Waals surface area contributed by atoms with Crippen LogP contribution in [0.15, 0.2) is 48.5 Å². The topological polar surface area (TPSA) is 87.7 Å². The van der Waals surface area contributed by atoms with Crippen molar-refractivity contribution in [2.24, 2.45) is 0 Å². The molecule has 32 heavy (non-hydrogen) atoms. The van der Waals surface area contributed by atoms with Crippen molar-refractivity contribution in [3.05, 3.63) is 65.2 Å². The number of rotatable bonds is 8. The quantitative estimate of drug-likeness (QED) is 0.644. The Kier molecular flexibility index (Phi) is 7.51. The second kappa shape index (κ2) is 10.3. The van der Waals surface area contributed by atoms with Crippen LogP contribution in [0, 0.1) is 6.92 Å². The van der Waals surface area contributed by atoms with Gasteiger partial charge >= 0.3 is 6.09 Å². The number of ether oxygens (including phenoxy) is 1. The highest BCUT2D eigenvalue weighted by molar-refractivity contribution is 5.91. The van der Waals surface area contributed by atoms with Crippen molar-refractivity contribution in [2.75, 3.05) is 5.32 Å². The molecule has 0 aromatic heterocycles. The van der Waals surface area contributed by atoms with Crippen LogP contribution in [0.25, 0.3) is 0 Å². The first kappa shape index (κ1) is 23.3. The predicted octanol–water partition coefficient (Wildman–Crippen LogP) is 4.32. The molecule has 170 valence electrons. The van der Waals surface area contributed by atoms with Gasteiger partial charge in [-0.15, -0.1) is 0 Å². The second-order valence-corrected chi connectivity index (χ2v) is 8.21. The maximum Gasteiger partial charge on any atom is 0.411 e. The van der Waals surface area contributed by atoms with Crippen molar-refractivity contribution in [3.8, 4) is 0 Å². The zero-order valence-corrected chi connectivity index (χ0v) is 19.1. The van der Waals surface area contributed by atoms with Crippen LogP contribution in [-0.2, 0) is 20.9 Å². The Morgan fingerprint density at radius 1 is 1.12 bits per heavy atom. The Morgan fingerprint density at radius 2 is 1.84 bits per heavy atom. The van der Waals surface area contributed by atoms with E-state index >= 15 is 0 Å². The Labute approximate surface area is 189 Å². The molecule has 2 N–H and O–H groups in total. The number of nitrogens with zero attached hydrogens (tertiary/aromatic N) is 1. The molecule has 1 heterocycles. The fourth-order valence-electron chi connectivity index (χ4n) is 3.57. The van der Waals surface area contributed by atoms with Gasteiger partial charge in [-0.25, -0.2) is 4.79 Å². The maximum absolute atomic E-state index is 13.3. The van der Waals surface area contributed by atoms with Crippen molar-refractivity contribution in [3.63, 3.8) is 0 Å². The van der Waals surface area contributed by atoms with Crippen LogP contribution >= 0.6 is 0 Å². The third kappa shape index (κ3) is 5.46. The Balaban J connectivity index is 1.92. The van der Waals surface area contributed by atoms with Gasteiger partial charge in [0.05, 0.1) is 6.54 Å². The first-order chi connectivity index (χ1) is 15.3. The first-order valence-electron chi connectivity index (χ1n) is 11.0. The van der Waals surface area contributed by atoms with Gasteiger partial charge in [-0.05, 0) is 43.5 Å². The molecular weight excluding hydrogens is 406 g/mol. The van der Waals surface area contributed by atoms with E-state index < -0.39 is 18.2 Å². The number of anilines is 1. The van der Waals surface area contributed by atoms with Crippen LogP contribution in [0.4, 0.5) is 10.5 Å². The van der Waals surface area contributed by atoms with Crippen LogP contribution < -0.4 is 10.6 Å². The summed E-state index contributed by atoms with van der Waals surface area (Å²) in [5.74, 6) is -0.372. The van der Waals surface area contributed by atoms with E-state index in [0.717, 1.165) is 17.5 Å². The minimum absolute atomic E-state index is 0.0322. The van der Waals surface area contributed by atoms with Gasteiger partial charge in [0.2, 0.25) is 11.8 Å². The minimum atomic E-state index is -0.824. The van der Waals surface area contributed by atoms with Gasteiger partial charge in [0.25, 0.3) is 0 Å². The molecule has 0 spiro atoms. The number of carbonyl (C=O) groups is 3. The summed E-state index contributed by atoms with van der Waals surface area (Å²) in [6.07, 6.45) is -0.195. The standard InChI is InChI=1S/C25H31N3O4/c1-5-17(4)26-24(30)22-23(19-8-7-9-20(14-19)27-21(29)6-2)32-25(31)28(22)15-18-12-10-16(3)11-13-18/h7-14,17,22-23H,5-6,15H2,1-4H3,(H,26,30)(H,27,29)/t17-,22+,23-/m0/s1. The highest BCUT2D eigenvalue weighted by Gasteiger charge is 2.47. The molecule has 0 radical (unpaired) electrons. The molecule has 2 aromatic carbocycles. The second-order valence-electron chi connectivity index (χ2n) is 8.21. The van der Waals surface area contributed by atoms with E-state index in [9.17, 15) is 14.4 Å². The zero-order chi connectivity index (χ0) is 23.3. The van der Waals surface area contributed by atoms with E-state index in [4.69, 9.17) is 4.74 Å². The molecule has 1 aliphatic rings. The van der Waals surface area contributed by atoms with Crippen molar-refractivity contribution in [1.82, 2.24) is 10.2 Å². The molecule has 7 heteroatoms. The molecule has 1 saturated heterocycles. The largest absolute Gasteiger partial charge is 0.438 e. The van der Waals surface area contributed by atoms with Gasteiger partial charge in [-0.1, -0.05) is 55.8 Å². The molecular formula is C25H31N3O4. The summed E-state index contributed by atoms with van der Waals surface area (Å²) >= 11 is 0. The van der Waals surface area contributed by atoms with E-state index in [-0.39, 0.29) is 24.4 Å². The van der Waals surface area contributed by atoms with Gasteiger partial charge in [0.1, 0.15) is 0 Å². The molecule has 1 fully saturated rings. The highest BCUT2D eigenvalue weighted by Crippen LogP contribution is 2.35. The van der Waals surface area contributed by atoms with Gasteiger partial charge in [0.15, 0.2) is 12.1 Å². The summed E-state index contributed by atoms with van der Waals surface area (Å²) in [7, 11) is 0. The van der Waals surface area contributed by atoms with Crippen molar-refractivity contribution < 1.29 is 19.1 Å². The summed E-state index contributed by atoms with van der Waals surface area (Å²) in [5, 5.41) is 5.80. The molecule has 3 atom stereocenters. The molecule has 2 aromatic rings. The third-order valence-corrected chi connectivity index (χ3v) is 5.65. The van der Waals surface area contributed by atoms with Gasteiger partial charge < -0.3 is 15.4 Å². The van der Waals surface area contributed by atoms with Crippen LogP contribution in [0.5, 0.6) is 0 Å². The molecule has 0 bridgehead atoms. The molecule has 3 rings (SSSR count). The number of hydrogen-bond acceptors (Lipinski definition) is 4. The summed E-state index contributed by atoms with van der Waals surface area (Å²) in [6.45, 7) is 7.95. The van der Waals surface area contributed by atoms with Gasteiger partial charge in [-0.3, -0.25) is 14.5 Å². The smallest absolute Gasteiger partial charge is 0.411 e. The predicted molar refractivity (Wildman–Crippen MR) is 123 cm³/mol. The molecule has 7 nitrogen and oxygen atoms in total. The number of nitrogens with one attached hydrogen (secondary N) is 2. The lowest BCUT2D eigenvalue weighted by Gasteiger charge is -2.26. The van der Waals surface area contributed by atoms with Gasteiger partial charge in [0, 0.05) is 18.2 Å². The fraction of sp³-hybridized carbons (Fsp3) is 0.400. The Morgan fingerprint density at radius 3 is 2.50 bits per heavy atom. The van der Waals surface area contributed by atoms with Crippen molar-refractivity contribution in [1.29, 1.82) is 0 Å². The number of amides is 3. The molecule has 0 aliphatic carbocycles. The number of aryl methyl sites for hydroxylation is 1. The molecule has 1 aliphatic heterocycles. The van der Waals surface area contributed by atoms with E-state index in [1.165, 1.54) is 4.90 Å². The maximum atomic E-state index is 13.3. The highest BCUT2D eigenvalue weighted by atomic mass is 16.6. The van der Waals surface area contributed by atoms with E-state index in [1.54, 1.807) is 31.2 Å². The average Bonchev–Trinajstić information content (AvgIpc) is 3.11. The van der Waals surface area contributed by atoms with Crippen LogP contribution in [0.2, 0.25) is 0 Å². The fourth-order valence-corrected chi connectivity index (χ4v) is 3.57. The van der Waals surface area contributed by atoms with E-state index in [0.29, 0.717) is 17.7 Å². The number of hydrogen-bond donors (Lipinski definition) is 2. The Hall–Kier alpha value is -3.35. The number of carbonyl (C=O) groups excluding carboxylic acids is 3. The lowest BCUT2D eigenvalue weighted by Crippen LogP contribution is -2.48. The first-order valence-corrected chi connectivity index (χ1v) is 11.0. The van der Waals surface area contributed by atoms with E-state index in [1.807, 2.05) is 45.0 Å². The van der Waals surface area contributed by atoms with Crippen LogP contribution in [0.1, 0.15) is 56.4 Å². The van der Waals surface area contributed by atoms with Gasteiger partial charge in [-0.2, -0.15) is 0 Å². The normalized spacial score (nSPS) is 18.8. The Bertz CT molecular complexity index is 973. The number of benzene rings is 2. The summed E-state index contributed by atoms with van der Waals surface area (Å²) < 4.78 is 5.70. The van der Waals surface area contributed by atoms with Crippen molar-refractivity contribution >= 4 is 23.6 Å². The third-order valence-electron chi connectivity index (χ3n) is 5.65. The summed E-state index contributed by atoms with van der Waals surface area (Å²) in [6, 6.07) is 14.1. The van der Waals surface area contributed by atoms with Crippen LogP contribution in [0.3, 0.4) is 0 Å². The van der Waals surface area contributed by atoms with Crippen molar-refractivity contribution in [2.45, 2.75) is 65.3 Å². The average molecular weight is 438 g/mol. The molecule has 0 saturated carbocycles. The SMILES string of the molecule is CCC(=O)Nc1cccc([C@@H]2OC(=O)N(Cc3ccc(C)cc3)[C@H]2C(=O)N[C@@H](C)CC)c1. The summed E-state index contributed by atoms with van der Waals surface area (Å²) in [5.41, 5.74) is 3.29. The van der Waals surface area contributed by atoms with Crippen LogP contribution in [-0.4, -0.2) is 34.9 Å². The lowest BCUT2D eigenvalue weighted by atomic mass is 9.99. The number of cyclic esters (lactones) is 1. The lowest BCUT2D eigenvalue weighted by molar-refractivity contribution is -0.127. The monoisotopic (exact) mass is 437 g/mol. The molecule has 3 amide bonds. The zero-order valence-electron chi connectivity index (χ0n) is 19.1. The minimum Gasteiger partial charge on any atom is -0.438 e.